The van der Waals surface area contributed by atoms with Crippen molar-refractivity contribution in [1.29, 1.82) is 0 Å². The Balaban J connectivity index is 1.97. The van der Waals surface area contributed by atoms with Gasteiger partial charge in [-0.3, -0.25) is 0 Å². The van der Waals surface area contributed by atoms with Crippen molar-refractivity contribution in [3.63, 3.8) is 0 Å². The Morgan fingerprint density at radius 3 is 2.50 bits per heavy atom. The van der Waals surface area contributed by atoms with Gasteiger partial charge in [-0.1, -0.05) is 30.3 Å². The zero-order valence-electron chi connectivity index (χ0n) is 12.0. The first kappa shape index (κ1) is 13.0. The molecule has 0 saturated carbocycles. The summed E-state index contributed by atoms with van der Waals surface area (Å²) in [6, 6.07) is 16.6. The van der Waals surface area contributed by atoms with Crippen LogP contribution in [-0.4, -0.2) is 32.1 Å². The average Bonchev–Trinajstić information content (AvgIpc) is 2.61. The third kappa shape index (κ3) is 2.63. The lowest BCUT2D eigenvalue weighted by molar-refractivity contribution is 0.412. The molecule has 1 aliphatic rings. The monoisotopic (exact) mass is 268 g/mol. The van der Waals surface area contributed by atoms with Gasteiger partial charge in [-0.05, 0) is 32.3 Å². The molecule has 0 bridgehead atoms. The van der Waals surface area contributed by atoms with Crippen molar-refractivity contribution in [2.24, 2.45) is 0 Å². The van der Waals surface area contributed by atoms with Crippen LogP contribution in [-0.2, 0) is 6.54 Å². The SMILES string of the molecule is CN(C)CCN1Cc2ccccc2Oc2ccccc21. The van der Waals surface area contributed by atoms with E-state index < -0.39 is 0 Å². The molecule has 0 spiro atoms. The standard InChI is InChI=1S/C17H20N2O/c1-18(2)11-12-19-13-14-7-3-5-9-16(14)20-17-10-6-4-8-15(17)19/h3-10H,11-13H2,1-2H3. The van der Waals surface area contributed by atoms with E-state index in [2.05, 4.69) is 48.2 Å². The number of ether oxygens (including phenoxy) is 1. The van der Waals surface area contributed by atoms with Gasteiger partial charge in [0, 0.05) is 25.2 Å². The summed E-state index contributed by atoms with van der Waals surface area (Å²) in [6.07, 6.45) is 0. The molecule has 104 valence electrons. The topological polar surface area (TPSA) is 15.7 Å². The van der Waals surface area contributed by atoms with E-state index in [1.165, 1.54) is 11.3 Å². The quantitative estimate of drug-likeness (QED) is 0.849. The molecule has 20 heavy (non-hydrogen) atoms. The number of hydrogen-bond acceptors (Lipinski definition) is 3. The van der Waals surface area contributed by atoms with Crippen molar-refractivity contribution >= 4 is 5.69 Å². The summed E-state index contributed by atoms with van der Waals surface area (Å²) in [7, 11) is 4.21. The van der Waals surface area contributed by atoms with E-state index in [0.717, 1.165) is 31.1 Å². The summed E-state index contributed by atoms with van der Waals surface area (Å²) in [4.78, 5) is 4.60. The number of hydrogen-bond donors (Lipinski definition) is 0. The van der Waals surface area contributed by atoms with Gasteiger partial charge in [0.25, 0.3) is 0 Å². The largest absolute Gasteiger partial charge is 0.455 e. The highest BCUT2D eigenvalue weighted by atomic mass is 16.5. The van der Waals surface area contributed by atoms with Crippen LogP contribution in [0.2, 0.25) is 0 Å². The molecule has 0 unspecified atom stereocenters. The minimum absolute atomic E-state index is 0.890. The minimum atomic E-state index is 0.890. The molecule has 2 aromatic carbocycles. The Morgan fingerprint density at radius 1 is 1.00 bits per heavy atom. The van der Waals surface area contributed by atoms with Crippen LogP contribution in [0.15, 0.2) is 48.5 Å². The number of para-hydroxylation sites is 3. The predicted molar refractivity (Wildman–Crippen MR) is 82.6 cm³/mol. The van der Waals surface area contributed by atoms with Crippen molar-refractivity contribution in [2.75, 3.05) is 32.1 Å². The van der Waals surface area contributed by atoms with Crippen molar-refractivity contribution in [1.82, 2.24) is 4.90 Å². The van der Waals surface area contributed by atoms with Crippen LogP contribution in [0.3, 0.4) is 0 Å². The molecule has 0 aromatic heterocycles. The van der Waals surface area contributed by atoms with E-state index in [-0.39, 0.29) is 0 Å². The minimum Gasteiger partial charge on any atom is -0.455 e. The Labute approximate surface area is 120 Å². The van der Waals surface area contributed by atoms with Crippen LogP contribution >= 0.6 is 0 Å². The summed E-state index contributed by atoms with van der Waals surface area (Å²) >= 11 is 0. The summed E-state index contributed by atoms with van der Waals surface area (Å²) < 4.78 is 6.08. The van der Waals surface area contributed by atoms with Crippen molar-refractivity contribution in [3.8, 4) is 11.5 Å². The Hall–Kier alpha value is -2.00. The molecular weight excluding hydrogens is 248 g/mol. The molecule has 0 aliphatic carbocycles. The van der Waals surface area contributed by atoms with E-state index in [0.29, 0.717) is 0 Å². The van der Waals surface area contributed by atoms with Crippen LogP contribution in [0.5, 0.6) is 11.5 Å². The second-order valence-electron chi connectivity index (χ2n) is 5.40. The third-order valence-corrected chi connectivity index (χ3v) is 3.58. The zero-order chi connectivity index (χ0) is 13.9. The van der Waals surface area contributed by atoms with Crippen LogP contribution < -0.4 is 9.64 Å². The lowest BCUT2D eigenvalue weighted by atomic mass is 10.2. The van der Waals surface area contributed by atoms with Gasteiger partial charge in [0.05, 0.1) is 5.69 Å². The second kappa shape index (κ2) is 5.55. The first-order valence-electron chi connectivity index (χ1n) is 6.98. The van der Waals surface area contributed by atoms with E-state index in [1.807, 2.05) is 24.3 Å². The molecule has 2 aromatic rings. The molecule has 0 N–H and O–H groups in total. The number of benzene rings is 2. The fourth-order valence-electron chi connectivity index (χ4n) is 2.47. The fourth-order valence-corrected chi connectivity index (χ4v) is 2.47. The Bertz CT molecular complexity index is 595. The van der Waals surface area contributed by atoms with Crippen LogP contribution in [0, 0.1) is 0 Å². The van der Waals surface area contributed by atoms with E-state index in [9.17, 15) is 0 Å². The molecule has 0 fully saturated rings. The predicted octanol–water partition coefficient (Wildman–Crippen LogP) is 3.36. The first-order chi connectivity index (χ1) is 9.74. The summed E-state index contributed by atoms with van der Waals surface area (Å²) in [5.41, 5.74) is 2.41. The summed E-state index contributed by atoms with van der Waals surface area (Å²) in [5, 5.41) is 0. The number of likely N-dealkylation sites (N-methyl/N-ethyl adjacent to an activating group) is 1. The zero-order valence-corrected chi connectivity index (χ0v) is 12.0. The molecule has 0 radical (unpaired) electrons. The highest BCUT2D eigenvalue weighted by Gasteiger charge is 2.19. The molecule has 1 heterocycles. The molecule has 0 atom stereocenters. The maximum Gasteiger partial charge on any atom is 0.150 e. The maximum absolute atomic E-state index is 6.08. The van der Waals surface area contributed by atoms with Gasteiger partial charge in [0.15, 0.2) is 5.75 Å². The van der Waals surface area contributed by atoms with Crippen LogP contribution in [0.4, 0.5) is 5.69 Å². The van der Waals surface area contributed by atoms with Gasteiger partial charge < -0.3 is 14.5 Å². The van der Waals surface area contributed by atoms with Crippen LogP contribution in [0.1, 0.15) is 5.56 Å². The van der Waals surface area contributed by atoms with Crippen molar-refractivity contribution in [3.05, 3.63) is 54.1 Å². The highest BCUT2D eigenvalue weighted by molar-refractivity contribution is 5.62. The van der Waals surface area contributed by atoms with Crippen LogP contribution in [0.25, 0.3) is 0 Å². The van der Waals surface area contributed by atoms with Gasteiger partial charge in [-0.15, -0.1) is 0 Å². The molecule has 1 aliphatic heterocycles. The van der Waals surface area contributed by atoms with E-state index in [4.69, 9.17) is 4.74 Å². The lowest BCUT2D eigenvalue weighted by Gasteiger charge is -2.25. The Kier molecular flexibility index (Phi) is 3.61. The Morgan fingerprint density at radius 2 is 1.70 bits per heavy atom. The van der Waals surface area contributed by atoms with E-state index in [1.54, 1.807) is 0 Å². The van der Waals surface area contributed by atoms with E-state index >= 15 is 0 Å². The first-order valence-corrected chi connectivity index (χ1v) is 6.98. The summed E-state index contributed by atoms with van der Waals surface area (Å²) in [5.74, 6) is 1.91. The van der Waals surface area contributed by atoms with Crippen molar-refractivity contribution < 1.29 is 4.74 Å². The van der Waals surface area contributed by atoms with Gasteiger partial charge >= 0.3 is 0 Å². The number of nitrogens with zero attached hydrogens (tertiary/aromatic N) is 2. The number of fused-ring (bicyclic) bond motifs is 2. The molecule has 3 rings (SSSR count). The fraction of sp³-hybridized carbons (Fsp3) is 0.294. The molecular formula is C17H20N2O. The molecule has 0 amide bonds. The lowest BCUT2D eigenvalue weighted by Crippen LogP contribution is -2.30. The normalized spacial score (nSPS) is 13.4. The van der Waals surface area contributed by atoms with Gasteiger partial charge in [-0.25, -0.2) is 0 Å². The van der Waals surface area contributed by atoms with Gasteiger partial charge in [-0.2, -0.15) is 0 Å². The molecule has 0 saturated heterocycles. The third-order valence-electron chi connectivity index (χ3n) is 3.58. The van der Waals surface area contributed by atoms with Crippen molar-refractivity contribution in [2.45, 2.75) is 6.54 Å². The average molecular weight is 268 g/mol. The van der Waals surface area contributed by atoms with Gasteiger partial charge in [0.1, 0.15) is 5.75 Å². The maximum atomic E-state index is 6.08. The second-order valence-corrected chi connectivity index (χ2v) is 5.40. The van der Waals surface area contributed by atoms with Gasteiger partial charge in [0.2, 0.25) is 0 Å². The molecule has 3 nitrogen and oxygen atoms in total. The number of anilines is 1. The highest BCUT2D eigenvalue weighted by Crippen LogP contribution is 2.38. The number of rotatable bonds is 3. The molecule has 3 heteroatoms. The summed E-state index contributed by atoms with van der Waals surface area (Å²) in [6.45, 7) is 2.90. The smallest absolute Gasteiger partial charge is 0.150 e.